The van der Waals surface area contributed by atoms with Crippen molar-refractivity contribution in [2.75, 3.05) is 13.2 Å². The van der Waals surface area contributed by atoms with E-state index in [0.29, 0.717) is 13.2 Å². The van der Waals surface area contributed by atoms with Crippen molar-refractivity contribution in [2.45, 2.75) is 13.0 Å². The number of hydroxylamine groups is 1. The summed E-state index contributed by atoms with van der Waals surface area (Å²) in [4.78, 5) is 16.1. The molecule has 1 heterocycles. The van der Waals surface area contributed by atoms with E-state index in [1.165, 1.54) is 13.0 Å². The molecule has 1 aromatic rings. The molecule has 18 heavy (non-hydrogen) atoms. The number of ether oxygens (including phenoxy) is 1. The first kappa shape index (κ1) is 12.9. The Hall–Kier alpha value is -1.50. The van der Waals surface area contributed by atoms with Crippen LogP contribution < -0.4 is 10.3 Å². The molecule has 0 saturated carbocycles. The van der Waals surface area contributed by atoms with E-state index in [-0.39, 0.29) is 33.7 Å². The van der Waals surface area contributed by atoms with E-state index >= 15 is 0 Å². The molecule has 1 aliphatic rings. The third kappa shape index (κ3) is 2.35. The molecule has 0 amide bonds. The minimum absolute atomic E-state index is 0.0195. The molecule has 3 N–H and O–H groups in total. The average molecular weight is 274 g/mol. The van der Waals surface area contributed by atoms with Gasteiger partial charge in [0.05, 0.1) is 29.8 Å². The number of nitrogens with one attached hydrogen (secondary N) is 1. The van der Waals surface area contributed by atoms with Crippen LogP contribution in [0.1, 0.15) is 15.9 Å². The molecule has 1 aliphatic heterocycles. The van der Waals surface area contributed by atoms with E-state index in [0.717, 1.165) is 0 Å². The highest BCUT2D eigenvalue weighted by Gasteiger charge is 2.22. The number of benzene rings is 1. The van der Waals surface area contributed by atoms with Crippen LogP contribution in [0.4, 0.5) is 0 Å². The third-order valence-corrected chi connectivity index (χ3v) is 2.94. The van der Waals surface area contributed by atoms with Gasteiger partial charge in [0.25, 0.3) is 0 Å². The summed E-state index contributed by atoms with van der Waals surface area (Å²) in [5, 5.41) is 18.8. The van der Waals surface area contributed by atoms with E-state index in [1.54, 1.807) is 0 Å². The van der Waals surface area contributed by atoms with Gasteiger partial charge in [-0.2, -0.15) is 0 Å². The normalized spacial score (nSPS) is 15.2. The number of carbonyl (C=O) groups is 1. The summed E-state index contributed by atoms with van der Waals surface area (Å²) >= 11 is 5.88. The molecule has 7 heteroatoms. The molecule has 0 spiro atoms. The number of phenols is 1. The van der Waals surface area contributed by atoms with Crippen LogP contribution in [0.3, 0.4) is 0 Å². The zero-order valence-electron chi connectivity index (χ0n) is 9.57. The quantitative estimate of drug-likeness (QED) is 0.718. The van der Waals surface area contributed by atoms with Crippen LogP contribution in [-0.4, -0.2) is 35.4 Å². The van der Waals surface area contributed by atoms with E-state index in [9.17, 15) is 9.90 Å². The number of halogens is 1. The zero-order valence-corrected chi connectivity index (χ0v) is 10.3. The van der Waals surface area contributed by atoms with Crippen LogP contribution in [0.15, 0.2) is 6.07 Å². The second-order valence-electron chi connectivity index (χ2n) is 3.97. The molecule has 0 aliphatic carbocycles. The Morgan fingerprint density at radius 3 is 2.78 bits per heavy atom. The molecule has 0 aromatic heterocycles. The van der Waals surface area contributed by atoms with Gasteiger partial charge in [-0.3, -0.25) is 0 Å². The number of aromatic carboxylic acids is 1. The lowest BCUT2D eigenvalue weighted by atomic mass is 10.1. The fraction of sp³-hybridized carbons (Fsp3) is 0.364. The minimum atomic E-state index is -1.16. The third-order valence-electron chi connectivity index (χ3n) is 2.66. The Morgan fingerprint density at radius 1 is 1.61 bits per heavy atom. The van der Waals surface area contributed by atoms with Crippen molar-refractivity contribution in [3.05, 3.63) is 22.2 Å². The van der Waals surface area contributed by atoms with Gasteiger partial charge in [0.1, 0.15) is 0 Å². The van der Waals surface area contributed by atoms with Crippen molar-refractivity contribution in [1.29, 1.82) is 0 Å². The van der Waals surface area contributed by atoms with Crippen LogP contribution in [0.5, 0.6) is 11.5 Å². The number of phenolic OH excluding ortho intramolecular Hbond substituents is 1. The van der Waals surface area contributed by atoms with Gasteiger partial charge in [-0.15, -0.1) is 5.48 Å². The Balaban J connectivity index is 2.24. The van der Waals surface area contributed by atoms with Gasteiger partial charge in [0, 0.05) is 5.56 Å². The van der Waals surface area contributed by atoms with Gasteiger partial charge in [-0.25, -0.2) is 4.79 Å². The van der Waals surface area contributed by atoms with Crippen molar-refractivity contribution in [1.82, 2.24) is 5.48 Å². The molecule has 0 bridgehead atoms. The molecule has 1 aromatic carbocycles. The van der Waals surface area contributed by atoms with E-state index in [1.807, 2.05) is 0 Å². The first-order valence-electron chi connectivity index (χ1n) is 5.26. The van der Waals surface area contributed by atoms with E-state index < -0.39 is 5.97 Å². The summed E-state index contributed by atoms with van der Waals surface area (Å²) in [5.74, 6) is -1.42. The van der Waals surface area contributed by atoms with Gasteiger partial charge >= 0.3 is 5.97 Å². The maximum Gasteiger partial charge on any atom is 0.336 e. The lowest BCUT2D eigenvalue weighted by molar-refractivity contribution is -0.0494. The topological polar surface area (TPSA) is 88.0 Å². The standard InChI is InChI=1S/C11H12ClNO5/c1-5-7(11(15)16)2-8(12)10(9(5)14)18-13-6-3-17-4-6/h2,6,13-14H,3-4H2,1H3,(H,15,16). The highest BCUT2D eigenvalue weighted by molar-refractivity contribution is 6.32. The smallest absolute Gasteiger partial charge is 0.336 e. The first-order chi connectivity index (χ1) is 8.50. The lowest BCUT2D eigenvalue weighted by Gasteiger charge is -2.26. The SMILES string of the molecule is Cc1c(C(=O)O)cc(Cl)c(ONC2COC2)c1O. The van der Waals surface area contributed by atoms with Crippen molar-refractivity contribution in [3.63, 3.8) is 0 Å². The molecule has 0 radical (unpaired) electrons. The van der Waals surface area contributed by atoms with Crippen molar-refractivity contribution < 1.29 is 24.6 Å². The fourth-order valence-corrected chi connectivity index (χ4v) is 1.71. The Bertz CT molecular complexity index is 487. The van der Waals surface area contributed by atoms with Gasteiger partial charge in [-0.1, -0.05) is 11.6 Å². The van der Waals surface area contributed by atoms with Crippen LogP contribution in [0.25, 0.3) is 0 Å². The summed E-state index contributed by atoms with van der Waals surface area (Å²) in [7, 11) is 0. The van der Waals surface area contributed by atoms with Crippen LogP contribution in [0, 0.1) is 6.92 Å². The molecular weight excluding hydrogens is 262 g/mol. The van der Waals surface area contributed by atoms with Gasteiger partial charge in [0.15, 0.2) is 5.75 Å². The zero-order chi connectivity index (χ0) is 13.3. The highest BCUT2D eigenvalue weighted by Crippen LogP contribution is 2.38. The molecule has 1 fully saturated rings. The van der Waals surface area contributed by atoms with Crippen molar-refractivity contribution >= 4 is 17.6 Å². The number of aromatic hydroxyl groups is 1. The van der Waals surface area contributed by atoms with E-state index in [2.05, 4.69) is 5.48 Å². The van der Waals surface area contributed by atoms with Crippen LogP contribution >= 0.6 is 11.6 Å². The molecule has 0 atom stereocenters. The number of rotatable bonds is 4. The van der Waals surface area contributed by atoms with E-state index in [4.69, 9.17) is 26.3 Å². The molecular formula is C11H12ClNO5. The Morgan fingerprint density at radius 2 is 2.28 bits per heavy atom. The summed E-state index contributed by atoms with van der Waals surface area (Å²) in [5.41, 5.74) is 2.82. The Kier molecular flexibility index (Phi) is 3.60. The van der Waals surface area contributed by atoms with Gasteiger partial charge < -0.3 is 19.8 Å². The Labute approximate surface area is 108 Å². The molecule has 98 valence electrons. The average Bonchev–Trinajstić information content (AvgIpc) is 2.25. The number of hydrogen-bond donors (Lipinski definition) is 3. The maximum atomic E-state index is 10.9. The monoisotopic (exact) mass is 273 g/mol. The molecule has 0 unspecified atom stereocenters. The van der Waals surface area contributed by atoms with Gasteiger partial charge in [0.2, 0.25) is 5.75 Å². The minimum Gasteiger partial charge on any atom is -0.504 e. The predicted molar refractivity (Wildman–Crippen MR) is 63.2 cm³/mol. The first-order valence-corrected chi connectivity index (χ1v) is 5.64. The lowest BCUT2D eigenvalue weighted by Crippen LogP contribution is -2.47. The summed E-state index contributed by atoms with van der Waals surface area (Å²) in [6.07, 6.45) is 0. The van der Waals surface area contributed by atoms with Crippen molar-refractivity contribution in [3.8, 4) is 11.5 Å². The number of carboxylic acids is 1. The largest absolute Gasteiger partial charge is 0.504 e. The summed E-state index contributed by atoms with van der Waals surface area (Å²) in [6.45, 7) is 2.52. The van der Waals surface area contributed by atoms with Crippen molar-refractivity contribution in [2.24, 2.45) is 0 Å². The van der Waals surface area contributed by atoms with Crippen LogP contribution in [0.2, 0.25) is 5.02 Å². The molecule has 2 rings (SSSR count). The predicted octanol–water partition coefficient (Wildman–Crippen LogP) is 1.33. The summed E-state index contributed by atoms with van der Waals surface area (Å²) < 4.78 is 4.94. The molecule has 1 saturated heterocycles. The number of carboxylic acid groups (broad SMARTS) is 1. The second kappa shape index (κ2) is 5.01. The second-order valence-corrected chi connectivity index (χ2v) is 4.38. The fourth-order valence-electron chi connectivity index (χ4n) is 1.48. The molecule has 6 nitrogen and oxygen atoms in total. The number of hydrogen-bond acceptors (Lipinski definition) is 5. The van der Waals surface area contributed by atoms with Crippen LogP contribution in [-0.2, 0) is 4.74 Å². The highest BCUT2D eigenvalue weighted by atomic mass is 35.5. The summed E-state index contributed by atoms with van der Waals surface area (Å²) in [6, 6.07) is 1.28. The maximum absolute atomic E-state index is 10.9. The van der Waals surface area contributed by atoms with Gasteiger partial charge in [-0.05, 0) is 13.0 Å².